The molecule has 4 heteroatoms. The van der Waals surface area contributed by atoms with Crippen molar-refractivity contribution in [1.29, 1.82) is 0 Å². The molecule has 0 amide bonds. The van der Waals surface area contributed by atoms with Gasteiger partial charge in [0.05, 0.1) is 6.61 Å². The Balaban J connectivity index is 1.63. The van der Waals surface area contributed by atoms with Crippen LogP contribution in [0.25, 0.3) is 10.9 Å². The van der Waals surface area contributed by atoms with Crippen molar-refractivity contribution in [3.05, 3.63) is 35.5 Å². The van der Waals surface area contributed by atoms with Crippen LogP contribution in [-0.2, 0) is 6.42 Å². The summed E-state index contributed by atoms with van der Waals surface area (Å²) in [4.78, 5) is 6.02. The van der Waals surface area contributed by atoms with Gasteiger partial charge in [0.25, 0.3) is 0 Å². The Bertz CT molecular complexity index is 668. The maximum atomic E-state index is 8.99. The topological polar surface area (TPSA) is 39.3 Å². The number of likely N-dealkylation sites (N-methyl/N-ethyl adjacent to an activating group) is 1. The Morgan fingerprint density at radius 1 is 1.41 bits per heavy atom. The molecule has 0 bridgehead atoms. The number of rotatable bonds is 4. The number of aliphatic hydroxyl groups excluding tert-OH is 1. The number of H-pyrrole nitrogens is 1. The summed E-state index contributed by atoms with van der Waals surface area (Å²) >= 11 is 1.90. The van der Waals surface area contributed by atoms with Gasteiger partial charge in [0.15, 0.2) is 0 Å². The SMILES string of the molecule is CN1C[C@H](CSCCO)C[C@@H]2c3cccc4[nH]cc(c34)C[C@H]21. The predicted octanol–water partition coefficient (Wildman–Crippen LogP) is 2.85. The lowest BCUT2D eigenvalue weighted by atomic mass is 9.73. The minimum absolute atomic E-state index is 0.297. The number of fused-ring (bicyclic) bond motifs is 2. The largest absolute Gasteiger partial charge is 0.396 e. The molecule has 2 aromatic rings. The van der Waals surface area contributed by atoms with Crippen molar-refractivity contribution < 1.29 is 5.11 Å². The molecule has 4 rings (SSSR count). The van der Waals surface area contributed by atoms with Gasteiger partial charge in [0.2, 0.25) is 0 Å². The molecular formula is C18H24N2OS. The molecule has 0 unspecified atom stereocenters. The maximum absolute atomic E-state index is 8.99. The van der Waals surface area contributed by atoms with E-state index in [1.54, 1.807) is 5.56 Å². The molecule has 0 spiro atoms. The second kappa shape index (κ2) is 5.91. The monoisotopic (exact) mass is 316 g/mol. The number of likely N-dealkylation sites (tertiary alicyclic amines) is 1. The zero-order chi connectivity index (χ0) is 15.1. The van der Waals surface area contributed by atoms with Gasteiger partial charge in [0.1, 0.15) is 0 Å². The highest BCUT2D eigenvalue weighted by atomic mass is 32.2. The second-order valence-electron chi connectivity index (χ2n) is 6.80. The van der Waals surface area contributed by atoms with Gasteiger partial charge in [-0.2, -0.15) is 11.8 Å². The predicted molar refractivity (Wildman–Crippen MR) is 93.7 cm³/mol. The molecule has 22 heavy (non-hydrogen) atoms. The summed E-state index contributed by atoms with van der Waals surface area (Å²) in [7, 11) is 2.29. The molecule has 1 aliphatic heterocycles. The lowest BCUT2D eigenvalue weighted by molar-refractivity contribution is 0.121. The molecule has 1 saturated heterocycles. The number of nitrogens with zero attached hydrogens (tertiary/aromatic N) is 1. The minimum Gasteiger partial charge on any atom is -0.396 e. The van der Waals surface area contributed by atoms with Crippen molar-refractivity contribution in [3.8, 4) is 0 Å². The number of aliphatic hydroxyl groups is 1. The first-order valence-corrected chi connectivity index (χ1v) is 9.41. The van der Waals surface area contributed by atoms with Gasteiger partial charge < -0.3 is 15.0 Å². The third kappa shape index (κ3) is 2.38. The maximum Gasteiger partial charge on any atom is 0.0521 e. The Morgan fingerprint density at radius 3 is 3.18 bits per heavy atom. The van der Waals surface area contributed by atoms with Crippen molar-refractivity contribution in [1.82, 2.24) is 9.88 Å². The van der Waals surface area contributed by atoms with E-state index in [0.29, 0.717) is 18.6 Å². The lowest BCUT2D eigenvalue weighted by Gasteiger charge is -2.45. The van der Waals surface area contributed by atoms with Crippen LogP contribution in [0.5, 0.6) is 0 Å². The number of hydrogen-bond acceptors (Lipinski definition) is 3. The fourth-order valence-electron chi connectivity index (χ4n) is 4.49. The third-order valence-corrected chi connectivity index (χ3v) is 6.58. The molecule has 2 heterocycles. The van der Waals surface area contributed by atoms with Gasteiger partial charge in [0, 0.05) is 41.4 Å². The van der Waals surface area contributed by atoms with E-state index >= 15 is 0 Å². The van der Waals surface area contributed by atoms with Gasteiger partial charge in [-0.25, -0.2) is 0 Å². The molecule has 1 aromatic heterocycles. The molecule has 2 aliphatic rings. The normalized spacial score (nSPS) is 28.0. The number of nitrogens with one attached hydrogen (secondary N) is 1. The number of benzene rings is 1. The summed E-state index contributed by atoms with van der Waals surface area (Å²) in [5.74, 6) is 3.43. The standard InChI is InChI=1S/C18H24N2OS/c1-20-10-12(11-22-6-5-21)7-15-14-3-2-4-16-18(14)13(9-19-16)8-17(15)20/h2-4,9,12,15,17,19,21H,5-8,10-11H2,1H3/t12-,15-,17-/m1/s1. The highest BCUT2D eigenvalue weighted by Crippen LogP contribution is 2.44. The molecule has 1 aliphatic carbocycles. The molecule has 2 N–H and O–H groups in total. The average Bonchev–Trinajstić information content (AvgIpc) is 2.94. The first-order chi connectivity index (χ1) is 10.8. The Kier molecular flexibility index (Phi) is 3.93. The van der Waals surface area contributed by atoms with Gasteiger partial charge >= 0.3 is 0 Å². The third-order valence-electron chi connectivity index (χ3n) is 5.40. The molecule has 1 aromatic carbocycles. The average molecular weight is 316 g/mol. The van der Waals surface area contributed by atoms with E-state index in [-0.39, 0.29) is 0 Å². The summed E-state index contributed by atoms with van der Waals surface area (Å²) in [5, 5.41) is 10.5. The van der Waals surface area contributed by atoms with Crippen LogP contribution in [-0.4, -0.2) is 52.7 Å². The van der Waals surface area contributed by atoms with Crippen molar-refractivity contribution in [2.75, 3.05) is 31.7 Å². The lowest BCUT2D eigenvalue weighted by Crippen LogP contribution is -2.48. The van der Waals surface area contributed by atoms with Crippen molar-refractivity contribution in [2.45, 2.75) is 24.8 Å². The molecule has 118 valence electrons. The molecule has 0 radical (unpaired) electrons. The van der Waals surface area contributed by atoms with E-state index in [1.807, 2.05) is 11.8 Å². The van der Waals surface area contributed by atoms with E-state index in [2.05, 4.69) is 41.3 Å². The Labute approximate surface area is 136 Å². The van der Waals surface area contributed by atoms with E-state index in [0.717, 1.165) is 11.7 Å². The van der Waals surface area contributed by atoms with Gasteiger partial charge in [-0.15, -0.1) is 0 Å². The molecular weight excluding hydrogens is 292 g/mol. The highest BCUT2D eigenvalue weighted by Gasteiger charge is 2.39. The molecule has 3 nitrogen and oxygen atoms in total. The van der Waals surface area contributed by atoms with E-state index in [4.69, 9.17) is 5.11 Å². The van der Waals surface area contributed by atoms with Crippen LogP contribution in [0.3, 0.4) is 0 Å². The zero-order valence-corrected chi connectivity index (χ0v) is 13.9. The quantitative estimate of drug-likeness (QED) is 0.852. The van der Waals surface area contributed by atoms with Crippen molar-refractivity contribution in [3.63, 3.8) is 0 Å². The van der Waals surface area contributed by atoms with Crippen LogP contribution in [0.4, 0.5) is 0 Å². The van der Waals surface area contributed by atoms with E-state index in [1.165, 1.54) is 41.6 Å². The zero-order valence-electron chi connectivity index (χ0n) is 13.1. The number of aromatic amines is 1. The number of hydrogen-bond donors (Lipinski definition) is 2. The fourth-order valence-corrected chi connectivity index (χ4v) is 5.36. The van der Waals surface area contributed by atoms with Crippen molar-refractivity contribution in [2.24, 2.45) is 5.92 Å². The summed E-state index contributed by atoms with van der Waals surface area (Å²) in [6.07, 6.45) is 4.67. The van der Waals surface area contributed by atoms with Gasteiger partial charge in [-0.05, 0) is 48.8 Å². The summed E-state index contributed by atoms with van der Waals surface area (Å²) in [6.45, 7) is 1.49. The van der Waals surface area contributed by atoms with Crippen LogP contribution in [0.2, 0.25) is 0 Å². The van der Waals surface area contributed by atoms with Crippen LogP contribution in [0, 0.1) is 5.92 Å². The van der Waals surface area contributed by atoms with Crippen LogP contribution < -0.4 is 0 Å². The number of aromatic nitrogens is 1. The van der Waals surface area contributed by atoms with Crippen LogP contribution >= 0.6 is 11.8 Å². The Hall–Kier alpha value is -0.970. The molecule has 1 fully saturated rings. The minimum atomic E-state index is 0.297. The van der Waals surface area contributed by atoms with Crippen molar-refractivity contribution >= 4 is 22.7 Å². The number of piperidine rings is 1. The first kappa shape index (κ1) is 14.6. The summed E-state index contributed by atoms with van der Waals surface area (Å²) < 4.78 is 0. The van der Waals surface area contributed by atoms with E-state index < -0.39 is 0 Å². The fraction of sp³-hybridized carbons (Fsp3) is 0.556. The van der Waals surface area contributed by atoms with E-state index in [9.17, 15) is 0 Å². The van der Waals surface area contributed by atoms with Crippen LogP contribution in [0.15, 0.2) is 24.4 Å². The second-order valence-corrected chi connectivity index (χ2v) is 7.95. The number of thioether (sulfide) groups is 1. The smallest absolute Gasteiger partial charge is 0.0521 e. The molecule has 0 saturated carbocycles. The van der Waals surface area contributed by atoms with Crippen LogP contribution in [0.1, 0.15) is 23.5 Å². The van der Waals surface area contributed by atoms with Gasteiger partial charge in [-0.1, -0.05) is 12.1 Å². The highest BCUT2D eigenvalue weighted by molar-refractivity contribution is 7.99. The Morgan fingerprint density at radius 2 is 2.32 bits per heavy atom. The van der Waals surface area contributed by atoms with Gasteiger partial charge in [-0.3, -0.25) is 0 Å². The molecule has 3 atom stereocenters. The first-order valence-electron chi connectivity index (χ1n) is 8.25. The summed E-state index contributed by atoms with van der Waals surface area (Å²) in [6, 6.07) is 7.38. The summed E-state index contributed by atoms with van der Waals surface area (Å²) in [5.41, 5.74) is 4.34.